The van der Waals surface area contributed by atoms with Gasteiger partial charge in [-0.15, -0.1) is 0 Å². The van der Waals surface area contributed by atoms with Crippen molar-refractivity contribution in [3.05, 3.63) is 11.8 Å². The molecule has 0 saturated carbocycles. The van der Waals surface area contributed by atoms with Gasteiger partial charge in [0, 0.05) is 17.1 Å². The summed E-state index contributed by atoms with van der Waals surface area (Å²) in [4.78, 5) is 10.7. The first-order valence-corrected chi connectivity index (χ1v) is 4.02. The minimum atomic E-state index is -4.88. The van der Waals surface area contributed by atoms with Crippen molar-refractivity contribution in [1.82, 2.24) is 0 Å². The van der Waals surface area contributed by atoms with E-state index in [-0.39, 0.29) is 29.9 Å². The van der Waals surface area contributed by atoms with Gasteiger partial charge < -0.3 is 9.84 Å². The largest absolute Gasteiger partial charge is 0.515 e. The van der Waals surface area contributed by atoms with Crippen molar-refractivity contribution >= 4 is 5.97 Å². The van der Waals surface area contributed by atoms with Gasteiger partial charge in [0.15, 0.2) is 5.57 Å². The van der Waals surface area contributed by atoms with Crippen LogP contribution >= 0.6 is 0 Å². The van der Waals surface area contributed by atoms with E-state index in [1.165, 1.54) is 0 Å². The van der Waals surface area contributed by atoms with Crippen molar-refractivity contribution in [2.75, 3.05) is 6.61 Å². The van der Waals surface area contributed by atoms with Gasteiger partial charge in [-0.3, -0.25) is 0 Å². The number of aliphatic hydroxyl groups excluding tert-OH is 1. The Morgan fingerprint density at radius 3 is 2.33 bits per heavy atom. The maximum absolute atomic E-state index is 12.0. The van der Waals surface area contributed by atoms with Crippen molar-refractivity contribution < 1.29 is 44.9 Å². The van der Waals surface area contributed by atoms with Crippen LogP contribution in [-0.4, -0.2) is 23.9 Å². The molecule has 0 unspecified atom stereocenters. The van der Waals surface area contributed by atoms with Gasteiger partial charge in [0.05, 0.1) is 12.9 Å². The Morgan fingerprint density at radius 2 is 2.00 bits per heavy atom. The van der Waals surface area contributed by atoms with Crippen LogP contribution in [0, 0.1) is 0 Å². The molecule has 93 valence electrons. The fourth-order valence-electron chi connectivity index (χ4n) is 0.629. The Labute approximate surface area is 95.8 Å². The first-order chi connectivity index (χ1) is 6.43. The van der Waals surface area contributed by atoms with E-state index in [9.17, 15) is 18.0 Å². The molecule has 0 aromatic carbocycles. The predicted molar refractivity (Wildman–Crippen MR) is 42.6 cm³/mol. The quantitative estimate of drug-likeness (QED) is 0.282. The van der Waals surface area contributed by atoms with E-state index in [2.05, 4.69) is 4.74 Å². The van der Waals surface area contributed by atoms with Gasteiger partial charge in [0.2, 0.25) is 0 Å². The number of halogens is 3. The third kappa shape index (κ3) is 6.41. The molecule has 1 N–H and O–H groups in total. The van der Waals surface area contributed by atoms with E-state index in [4.69, 9.17) is 5.11 Å². The molecule has 15 heavy (non-hydrogen) atoms. The molecule has 7 heteroatoms. The average Bonchev–Trinajstić information content (AvgIpc) is 2.03. The van der Waals surface area contributed by atoms with Crippen LogP contribution in [0.1, 0.15) is 19.8 Å². The maximum Gasteiger partial charge on any atom is 0.426 e. The van der Waals surface area contributed by atoms with Crippen LogP contribution in [0.2, 0.25) is 0 Å². The normalized spacial score (nSPS) is 11.9. The zero-order valence-corrected chi connectivity index (χ0v) is 8.84. The van der Waals surface area contributed by atoms with Crippen LogP contribution < -0.4 is 0 Å². The number of carbonyl (C=O) groups is 1. The molecular weight excluding hydrogens is 265 g/mol. The number of rotatable bonds is 4. The monoisotopic (exact) mass is 275 g/mol. The number of ether oxygens (including phenoxy) is 1. The average molecular weight is 276 g/mol. The Balaban J connectivity index is 0. The van der Waals surface area contributed by atoms with E-state index in [0.29, 0.717) is 12.8 Å². The summed E-state index contributed by atoms with van der Waals surface area (Å²) >= 11 is 0. The molecule has 0 aliphatic carbocycles. The molecule has 0 aliphatic heterocycles. The second-order valence-corrected chi connectivity index (χ2v) is 2.53. The summed E-state index contributed by atoms with van der Waals surface area (Å²) in [6, 6.07) is 0. The fourth-order valence-corrected chi connectivity index (χ4v) is 0.629. The van der Waals surface area contributed by atoms with Gasteiger partial charge in [0.1, 0.15) is 0 Å². The van der Waals surface area contributed by atoms with Gasteiger partial charge in [-0.05, 0) is 6.42 Å². The van der Waals surface area contributed by atoms with Gasteiger partial charge in [0.25, 0.3) is 0 Å². The van der Waals surface area contributed by atoms with Crippen molar-refractivity contribution in [1.29, 1.82) is 0 Å². The third-order valence-electron chi connectivity index (χ3n) is 1.39. The minimum absolute atomic E-state index is 0. The maximum atomic E-state index is 12.0. The molecule has 0 spiro atoms. The molecular formula is C8H11CuF3O3. The Bertz CT molecular complexity index is 226. The second kappa shape index (κ2) is 7.59. The first kappa shape index (κ1) is 16.7. The van der Waals surface area contributed by atoms with Crippen LogP contribution in [0.3, 0.4) is 0 Å². The van der Waals surface area contributed by atoms with E-state index < -0.39 is 17.7 Å². The summed E-state index contributed by atoms with van der Waals surface area (Å²) in [5, 5.41) is 8.21. The summed E-state index contributed by atoms with van der Waals surface area (Å²) in [6.45, 7) is 1.73. The summed E-state index contributed by atoms with van der Waals surface area (Å²) in [5.74, 6) is -1.55. The fraction of sp³-hybridized carbons (Fsp3) is 0.625. The number of hydrogen-bond acceptors (Lipinski definition) is 3. The van der Waals surface area contributed by atoms with Crippen molar-refractivity contribution in [2.45, 2.75) is 25.9 Å². The molecule has 1 radical (unpaired) electrons. The SMILES string of the molecule is CCCCOC(=O)/C(=C\O)C(F)(F)F.[Cu]. The molecule has 0 bridgehead atoms. The van der Waals surface area contributed by atoms with Crippen LogP contribution in [0.4, 0.5) is 13.2 Å². The Morgan fingerprint density at radius 1 is 1.47 bits per heavy atom. The van der Waals surface area contributed by atoms with Crippen molar-refractivity contribution in [3.63, 3.8) is 0 Å². The van der Waals surface area contributed by atoms with E-state index in [1.54, 1.807) is 6.92 Å². The molecule has 0 aromatic rings. The number of unbranched alkanes of at least 4 members (excludes halogenated alkanes) is 1. The smallest absolute Gasteiger partial charge is 0.426 e. The standard InChI is InChI=1S/C8H11F3O3.Cu/c1-2-3-4-14-7(13)6(5-12)8(9,10)11;/h5,12H,2-4H2,1H3;/b6-5+;. The zero-order chi connectivity index (χ0) is 11.2. The van der Waals surface area contributed by atoms with Gasteiger partial charge in [-0.1, -0.05) is 13.3 Å². The number of carbonyl (C=O) groups excluding carboxylic acids is 1. The number of alkyl halides is 3. The number of hydrogen-bond donors (Lipinski definition) is 1. The topological polar surface area (TPSA) is 46.5 Å². The molecule has 0 aliphatic rings. The molecule has 0 fully saturated rings. The van der Waals surface area contributed by atoms with Crippen LogP contribution in [-0.2, 0) is 26.6 Å². The molecule has 0 amide bonds. The minimum Gasteiger partial charge on any atom is -0.515 e. The van der Waals surface area contributed by atoms with Crippen LogP contribution in [0.5, 0.6) is 0 Å². The molecule has 0 heterocycles. The summed E-state index contributed by atoms with van der Waals surface area (Å²) < 4.78 is 40.1. The molecule has 0 aromatic heterocycles. The van der Waals surface area contributed by atoms with Crippen molar-refractivity contribution in [3.8, 4) is 0 Å². The Kier molecular flexibility index (Phi) is 8.47. The third-order valence-corrected chi connectivity index (χ3v) is 1.39. The zero-order valence-electron chi connectivity index (χ0n) is 7.90. The van der Waals surface area contributed by atoms with Gasteiger partial charge in [-0.25, -0.2) is 4.79 Å². The first-order valence-electron chi connectivity index (χ1n) is 4.02. The Hall–Kier alpha value is -0.681. The molecule has 3 nitrogen and oxygen atoms in total. The molecule has 0 saturated heterocycles. The van der Waals surface area contributed by atoms with Crippen LogP contribution in [0.15, 0.2) is 11.8 Å². The number of esters is 1. The second-order valence-electron chi connectivity index (χ2n) is 2.53. The number of aliphatic hydroxyl groups is 1. The van der Waals surface area contributed by atoms with E-state index in [0.717, 1.165) is 0 Å². The summed E-state index contributed by atoms with van der Waals surface area (Å²) in [6.07, 6.45) is -3.97. The molecule has 0 atom stereocenters. The van der Waals surface area contributed by atoms with Gasteiger partial charge >= 0.3 is 12.1 Å². The van der Waals surface area contributed by atoms with E-state index >= 15 is 0 Å². The van der Waals surface area contributed by atoms with Crippen molar-refractivity contribution in [2.24, 2.45) is 0 Å². The van der Waals surface area contributed by atoms with Gasteiger partial charge in [-0.2, -0.15) is 13.2 Å². The predicted octanol–water partition coefficient (Wildman–Crippen LogP) is 2.33. The molecule has 0 rings (SSSR count). The van der Waals surface area contributed by atoms with E-state index in [1.807, 2.05) is 0 Å². The summed E-state index contributed by atoms with van der Waals surface area (Å²) in [5.41, 5.74) is -1.69. The summed E-state index contributed by atoms with van der Waals surface area (Å²) in [7, 11) is 0. The van der Waals surface area contributed by atoms with Crippen LogP contribution in [0.25, 0.3) is 0 Å².